The number of rotatable bonds is 5. The van der Waals surface area contributed by atoms with E-state index in [0.717, 1.165) is 15.7 Å². The van der Waals surface area contributed by atoms with Crippen LogP contribution in [0.15, 0.2) is 58.4 Å². The quantitative estimate of drug-likeness (QED) is 0.465. The number of amides is 1. The van der Waals surface area contributed by atoms with Gasteiger partial charge in [-0.1, -0.05) is 35.1 Å². The molecule has 1 amide bonds. The van der Waals surface area contributed by atoms with Crippen molar-refractivity contribution in [1.29, 1.82) is 0 Å². The third kappa shape index (κ3) is 3.78. The number of hydrogen-bond acceptors (Lipinski definition) is 5. The Morgan fingerprint density at radius 3 is 2.59 bits per heavy atom. The maximum Gasteiger partial charge on any atom is 0.308 e. The van der Waals surface area contributed by atoms with Gasteiger partial charge in [0.1, 0.15) is 12.3 Å². The van der Waals surface area contributed by atoms with Crippen LogP contribution in [0.4, 0.5) is 5.69 Å². The van der Waals surface area contributed by atoms with E-state index in [-0.39, 0.29) is 23.2 Å². The first-order valence-electron chi connectivity index (χ1n) is 11.6. The lowest BCUT2D eigenvalue weighted by atomic mass is 9.75. The molecule has 0 radical (unpaired) electrons. The molecule has 3 aliphatic rings. The fourth-order valence-electron chi connectivity index (χ4n) is 6.15. The summed E-state index contributed by atoms with van der Waals surface area (Å²) in [6.45, 7) is 0.0150. The van der Waals surface area contributed by atoms with Gasteiger partial charge in [-0.05, 0) is 79.0 Å². The van der Waals surface area contributed by atoms with Crippen LogP contribution in [0.1, 0.15) is 35.6 Å². The van der Waals surface area contributed by atoms with E-state index in [9.17, 15) is 9.59 Å². The molecule has 2 aliphatic carbocycles. The standard InChI is InChI=1S/C26H25ClN2O3S2/c1-32-19-10-4-14(5-11-19)21-22-15-2-3-16(12-15)23(22)33-25-24(21)34-26(31)29(25)13-20(30)28-18-8-6-17(27)7-9-18/h4-11,15-16,21-23H,2-3,12-13H2,1H3,(H,28,30)/t15?,16?,21-,22?,23?/m1/s1. The predicted molar refractivity (Wildman–Crippen MR) is 137 cm³/mol. The van der Waals surface area contributed by atoms with Crippen molar-refractivity contribution < 1.29 is 9.53 Å². The third-order valence-corrected chi connectivity index (χ3v) is 10.7. The first kappa shape index (κ1) is 22.3. The SMILES string of the molecule is COc1ccc([C@H]2c3sc(=O)n(CC(=O)Nc4ccc(Cl)cc4)c3SC3C4CCC(C4)C32)cc1. The average Bonchev–Trinajstić information content (AvgIpc) is 3.54. The minimum Gasteiger partial charge on any atom is -0.497 e. The first-order chi connectivity index (χ1) is 16.5. The number of nitrogens with one attached hydrogen (secondary N) is 1. The predicted octanol–water partition coefficient (Wildman–Crippen LogP) is 5.86. The summed E-state index contributed by atoms with van der Waals surface area (Å²) in [4.78, 5) is 27.1. The van der Waals surface area contributed by atoms with E-state index in [1.54, 1.807) is 35.9 Å². The lowest BCUT2D eigenvalue weighted by Crippen LogP contribution is -2.34. The normalized spacial score (nSPS) is 26.7. The number of aromatic nitrogens is 1. The highest BCUT2D eigenvalue weighted by atomic mass is 35.5. The summed E-state index contributed by atoms with van der Waals surface area (Å²) in [6, 6.07) is 15.3. The highest BCUT2D eigenvalue weighted by Crippen LogP contribution is 2.64. The second-order valence-electron chi connectivity index (χ2n) is 9.42. The molecule has 2 bridgehead atoms. The van der Waals surface area contributed by atoms with Crippen LogP contribution in [0.25, 0.3) is 0 Å². The number of ether oxygens (including phenoxy) is 1. The summed E-state index contributed by atoms with van der Waals surface area (Å²) < 4.78 is 7.07. The molecule has 5 atom stereocenters. The van der Waals surface area contributed by atoms with Crippen LogP contribution >= 0.6 is 34.7 Å². The minimum atomic E-state index is -0.207. The topological polar surface area (TPSA) is 60.3 Å². The lowest BCUT2D eigenvalue weighted by Gasteiger charge is -2.40. The average molecular weight is 513 g/mol. The van der Waals surface area contributed by atoms with Gasteiger partial charge in [-0.2, -0.15) is 0 Å². The molecule has 176 valence electrons. The van der Waals surface area contributed by atoms with Crippen LogP contribution in [0.5, 0.6) is 5.75 Å². The van der Waals surface area contributed by atoms with Crippen LogP contribution in [0.2, 0.25) is 5.02 Å². The van der Waals surface area contributed by atoms with Crippen LogP contribution in [-0.4, -0.2) is 22.8 Å². The maximum atomic E-state index is 13.2. The van der Waals surface area contributed by atoms with Crippen molar-refractivity contribution in [2.24, 2.45) is 17.8 Å². The van der Waals surface area contributed by atoms with E-state index < -0.39 is 0 Å². The molecule has 1 aromatic heterocycles. The number of methoxy groups -OCH3 is 1. The minimum absolute atomic E-state index is 0.0150. The van der Waals surface area contributed by atoms with Gasteiger partial charge in [0, 0.05) is 26.8 Å². The van der Waals surface area contributed by atoms with Crippen LogP contribution in [0.3, 0.4) is 0 Å². The summed E-state index contributed by atoms with van der Waals surface area (Å²) in [5.74, 6) is 2.77. The van der Waals surface area contributed by atoms with Gasteiger partial charge in [-0.25, -0.2) is 0 Å². The zero-order valence-corrected chi connectivity index (χ0v) is 21.1. The van der Waals surface area contributed by atoms with Gasteiger partial charge >= 0.3 is 4.87 Å². The Balaban J connectivity index is 1.35. The van der Waals surface area contributed by atoms with Gasteiger partial charge in [-0.15, -0.1) is 11.8 Å². The molecule has 6 rings (SSSR count). The fourth-order valence-corrected chi connectivity index (χ4v) is 9.43. The number of nitrogens with zero attached hydrogens (tertiary/aromatic N) is 1. The number of hydrogen-bond donors (Lipinski definition) is 1. The number of carbonyl (C=O) groups excluding carboxylic acids is 1. The summed E-state index contributed by atoms with van der Waals surface area (Å²) >= 11 is 9.11. The second kappa shape index (κ2) is 8.77. The molecule has 0 spiro atoms. The lowest BCUT2D eigenvalue weighted by molar-refractivity contribution is -0.116. The number of carbonyl (C=O) groups is 1. The highest BCUT2D eigenvalue weighted by Gasteiger charge is 2.55. The summed E-state index contributed by atoms with van der Waals surface area (Å²) in [6.07, 6.45) is 3.84. The number of thioether (sulfide) groups is 1. The number of fused-ring (bicyclic) bond motifs is 6. The Kier molecular flexibility index (Phi) is 5.74. The summed E-state index contributed by atoms with van der Waals surface area (Å²) in [5, 5.41) is 4.99. The molecule has 34 heavy (non-hydrogen) atoms. The van der Waals surface area contributed by atoms with Gasteiger partial charge in [-0.3, -0.25) is 14.2 Å². The molecule has 5 nitrogen and oxygen atoms in total. The summed E-state index contributed by atoms with van der Waals surface area (Å²) in [7, 11) is 1.68. The smallest absolute Gasteiger partial charge is 0.308 e. The second-order valence-corrected chi connectivity index (χ2v) is 12.0. The molecule has 3 aromatic rings. The van der Waals surface area contributed by atoms with Gasteiger partial charge in [0.25, 0.3) is 0 Å². The largest absolute Gasteiger partial charge is 0.497 e. The Bertz CT molecular complexity index is 1280. The van der Waals surface area contributed by atoms with Crippen molar-refractivity contribution in [3.8, 4) is 5.75 Å². The van der Waals surface area contributed by atoms with Crippen molar-refractivity contribution in [3.05, 3.63) is 73.7 Å². The monoisotopic (exact) mass is 512 g/mol. The number of anilines is 1. The molecule has 1 aliphatic heterocycles. The molecule has 2 saturated carbocycles. The van der Waals surface area contributed by atoms with Gasteiger partial charge in [0.05, 0.1) is 12.1 Å². The Labute approximate surface area is 211 Å². The zero-order chi connectivity index (χ0) is 23.4. The number of halogens is 1. The molecule has 0 saturated heterocycles. The molecule has 2 fully saturated rings. The first-order valence-corrected chi connectivity index (χ1v) is 13.7. The number of benzene rings is 2. The Morgan fingerprint density at radius 1 is 1.12 bits per heavy atom. The zero-order valence-electron chi connectivity index (χ0n) is 18.7. The third-order valence-electron chi connectivity index (χ3n) is 7.60. The van der Waals surface area contributed by atoms with E-state index in [1.807, 2.05) is 23.9 Å². The van der Waals surface area contributed by atoms with E-state index in [1.165, 1.54) is 36.2 Å². The van der Waals surface area contributed by atoms with Crippen molar-refractivity contribution in [1.82, 2.24) is 4.57 Å². The summed E-state index contributed by atoms with van der Waals surface area (Å²) in [5.41, 5.74) is 1.91. The van der Waals surface area contributed by atoms with E-state index in [4.69, 9.17) is 16.3 Å². The van der Waals surface area contributed by atoms with Crippen molar-refractivity contribution in [3.63, 3.8) is 0 Å². The van der Waals surface area contributed by atoms with Crippen molar-refractivity contribution >= 4 is 46.3 Å². The highest BCUT2D eigenvalue weighted by molar-refractivity contribution is 8.00. The van der Waals surface area contributed by atoms with Crippen LogP contribution in [0, 0.1) is 17.8 Å². The van der Waals surface area contributed by atoms with E-state index >= 15 is 0 Å². The van der Waals surface area contributed by atoms with E-state index in [2.05, 4.69) is 17.4 Å². The Hall–Kier alpha value is -2.22. The van der Waals surface area contributed by atoms with Crippen LogP contribution < -0.4 is 14.9 Å². The molecule has 1 N–H and O–H groups in total. The van der Waals surface area contributed by atoms with Crippen LogP contribution in [-0.2, 0) is 11.3 Å². The Morgan fingerprint density at radius 2 is 1.85 bits per heavy atom. The van der Waals surface area contributed by atoms with Crippen molar-refractivity contribution in [2.45, 2.75) is 42.0 Å². The molecule has 8 heteroatoms. The molecule has 2 aromatic carbocycles. The molecule has 2 heterocycles. The van der Waals surface area contributed by atoms with Gasteiger partial charge < -0.3 is 10.1 Å². The molecular formula is C26H25ClN2O3S2. The van der Waals surface area contributed by atoms with E-state index in [0.29, 0.717) is 33.7 Å². The van der Waals surface area contributed by atoms with Gasteiger partial charge in [0.2, 0.25) is 5.91 Å². The maximum absolute atomic E-state index is 13.2. The fraction of sp³-hybridized carbons (Fsp3) is 0.385. The van der Waals surface area contributed by atoms with Crippen molar-refractivity contribution in [2.75, 3.05) is 12.4 Å². The molecular weight excluding hydrogens is 488 g/mol. The van der Waals surface area contributed by atoms with Gasteiger partial charge in [0.15, 0.2) is 0 Å². The number of thiazole rings is 1. The molecule has 4 unspecified atom stereocenters.